The first-order valence-electron chi connectivity index (χ1n) is 7.53. The lowest BCUT2D eigenvalue weighted by Gasteiger charge is -2.07. The van der Waals surface area contributed by atoms with Crippen LogP contribution in [-0.2, 0) is 6.54 Å². The molecule has 2 rings (SSSR count). The van der Waals surface area contributed by atoms with Gasteiger partial charge in [0.25, 0.3) is 0 Å². The van der Waals surface area contributed by atoms with Crippen molar-refractivity contribution in [2.75, 3.05) is 11.9 Å². The third-order valence-corrected chi connectivity index (χ3v) is 3.67. The van der Waals surface area contributed by atoms with E-state index in [9.17, 15) is 0 Å². The maximum absolute atomic E-state index is 5.51. The largest absolute Gasteiger partial charge is 0.407 e. The van der Waals surface area contributed by atoms with E-state index >= 15 is 0 Å². The molecule has 0 aromatic carbocycles. The normalized spacial score (nSPS) is 16.4. The van der Waals surface area contributed by atoms with E-state index in [0.717, 1.165) is 12.5 Å². The monoisotopic (exact) mass is 266 g/mol. The lowest BCUT2D eigenvalue weighted by molar-refractivity contribution is 0.455. The summed E-state index contributed by atoms with van der Waals surface area (Å²) in [6, 6.07) is 0.974. The van der Waals surface area contributed by atoms with Crippen LogP contribution in [0.3, 0.4) is 0 Å². The SMILES string of the molecule is CC(C)NCc1nnc(NCCCC2CCCC2)o1. The van der Waals surface area contributed by atoms with Crippen LogP contribution in [-0.4, -0.2) is 22.8 Å². The Labute approximate surface area is 115 Å². The van der Waals surface area contributed by atoms with Crippen molar-refractivity contribution in [3.8, 4) is 0 Å². The first-order chi connectivity index (χ1) is 9.24. The van der Waals surface area contributed by atoms with Crippen LogP contribution in [0.1, 0.15) is 58.3 Å². The van der Waals surface area contributed by atoms with E-state index in [-0.39, 0.29) is 0 Å². The minimum absolute atomic E-state index is 0.426. The summed E-state index contributed by atoms with van der Waals surface area (Å²) in [5.74, 6) is 1.60. The topological polar surface area (TPSA) is 63.0 Å². The van der Waals surface area contributed by atoms with Gasteiger partial charge in [-0.3, -0.25) is 0 Å². The molecule has 2 N–H and O–H groups in total. The average molecular weight is 266 g/mol. The summed E-state index contributed by atoms with van der Waals surface area (Å²) < 4.78 is 5.51. The Morgan fingerprint density at radius 1 is 1.26 bits per heavy atom. The minimum atomic E-state index is 0.426. The molecule has 1 aliphatic rings. The highest BCUT2D eigenvalue weighted by Crippen LogP contribution is 2.28. The summed E-state index contributed by atoms with van der Waals surface area (Å²) >= 11 is 0. The van der Waals surface area contributed by atoms with Gasteiger partial charge >= 0.3 is 6.01 Å². The molecule has 1 fully saturated rings. The van der Waals surface area contributed by atoms with Crippen LogP contribution >= 0.6 is 0 Å². The molecule has 0 atom stereocenters. The van der Waals surface area contributed by atoms with Crippen molar-refractivity contribution in [3.63, 3.8) is 0 Å². The predicted octanol–water partition coefficient (Wildman–Crippen LogP) is 2.95. The second-order valence-corrected chi connectivity index (χ2v) is 5.76. The molecule has 0 amide bonds. The van der Waals surface area contributed by atoms with Crippen molar-refractivity contribution in [1.29, 1.82) is 0 Å². The zero-order valence-electron chi connectivity index (χ0n) is 12.1. The zero-order chi connectivity index (χ0) is 13.5. The highest BCUT2D eigenvalue weighted by Gasteiger charge is 2.14. The molecule has 0 aliphatic heterocycles. The number of hydrogen-bond donors (Lipinski definition) is 2. The van der Waals surface area contributed by atoms with Gasteiger partial charge in [-0.05, 0) is 18.8 Å². The van der Waals surface area contributed by atoms with Crippen LogP contribution in [0, 0.1) is 5.92 Å². The lowest BCUT2D eigenvalue weighted by Crippen LogP contribution is -2.21. The van der Waals surface area contributed by atoms with Gasteiger partial charge in [0.15, 0.2) is 0 Å². The summed E-state index contributed by atoms with van der Waals surface area (Å²) in [6.45, 7) is 5.75. The van der Waals surface area contributed by atoms with Crippen molar-refractivity contribution in [3.05, 3.63) is 5.89 Å². The van der Waals surface area contributed by atoms with E-state index in [0.29, 0.717) is 24.5 Å². The first-order valence-corrected chi connectivity index (χ1v) is 7.53. The summed E-state index contributed by atoms with van der Waals surface area (Å²) in [4.78, 5) is 0. The zero-order valence-corrected chi connectivity index (χ0v) is 12.1. The van der Waals surface area contributed by atoms with Gasteiger partial charge in [0.1, 0.15) is 0 Å². The van der Waals surface area contributed by atoms with Crippen LogP contribution in [0.25, 0.3) is 0 Å². The fourth-order valence-corrected chi connectivity index (χ4v) is 2.57. The average Bonchev–Trinajstić information content (AvgIpc) is 3.04. The molecule has 19 heavy (non-hydrogen) atoms. The number of anilines is 1. The van der Waals surface area contributed by atoms with Crippen molar-refractivity contribution in [1.82, 2.24) is 15.5 Å². The summed E-state index contributed by atoms with van der Waals surface area (Å²) in [7, 11) is 0. The molecule has 0 unspecified atom stereocenters. The Kier molecular flexibility index (Phi) is 5.63. The van der Waals surface area contributed by atoms with Crippen LogP contribution in [0.4, 0.5) is 6.01 Å². The molecule has 0 spiro atoms. The molecular weight excluding hydrogens is 240 g/mol. The van der Waals surface area contributed by atoms with E-state index in [1.165, 1.54) is 38.5 Å². The Hall–Kier alpha value is -1.10. The van der Waals surface area contributed by atoms with Gasteiger partial charge in [-0.2, -0.15) is 0 Å². The smallest absolute Gasteiger partial charge is 0.315 e. The third kappa shape index (κ3) is 5.19. The molecule has 5 heteroatoms. The number of nitrogens with one attached hydrogen (secondary N) is 2. The molecule has 0 radical (unpaired) electrons. The van der Waals surface area contributed by atoms with Crippen molar-refractivity contribution < 1.29 is 4.42 Å². The first kappa shape index (κ1) is 14.3. The van der Waals surface area contributed by atoms with Gasteiger partial charge < -0.3 is 15.1 Å². The predicted molar refractivity (Wildman–Crippen MR) is 76.0 cm³/mol. The number of nitrogens with zero attached hydrogens (tertiary/aromatic N) is 2. The van der Waals surface area contributed by atoms with Crippen LogP contribution in [0.5, 0.6) is 0 Å². The highest BCUT2D eigenvalue weighted by atomic mass is 16.4. The van der Waals surface area contributed by atoms with Gasteiger partial charge in [0.2, 0.25) is 5.89 Å². The molecule has 108 valence electrons. The van der Waals surface area contributed by atoms with Gasteiger partial charge in [0.05, 0.1) is 6.54 Å². The Morgan fingerprint density at radius 2 is 2.05 bits per heavy atom. The standard InChI is InChI=1S/C14H26N4O/c1-11(2)16-10-13-17-18-14(19-13)15-9-5-8-12-6-3-4-7-12/h11-12,16H,3-10H2,1-2H3,(H,15,18). The quantitative estimate of drug-likeness (QED) is 0.708. The van der Waals surface area contributed by atoms with Gasteiger partial charge in [-0.25, -0.2) is 0 Å². The molecular formula is C14H26N4O. The Morgan fingerprint density at radius 3 is 2.79 bits per heavy atom. The molecule has 1 aromatic rings. The van der Waals surface area contributed by atoms with Crippen molar-refractivity contribution >= 4 is 6.01 Å². The molecule has 1 heterocycles. The fourth-order valence-electron chi connectivity index (χ4n) is 2.57. The van der Waals surface area contributed by atoms with Crippen molar-refractivity contribution in [2.45, 2.75) is 65.0 Å². The Bertz CT molecular complexity index is 358. The molecule has 0 bridgehead atoms. The van der Waals surface area contributed by atoms with Gasteiger partial charge in [-0.15, -0.1) is 5.10 Å². The highest BCUT2D eigenvalue weighted by molar-refractivity contribution is 5.16. The maximum Gasteiger partial charge on any atom is 0.315 e. The summed E-state index contributed by atoms with van der Waals surface area (Å²) in [5.41, 5.74) is 0. The summed E-state index contributed by atoms with van der Waals surface area (Å²) in [5, 5.41) is 14.5. The third-order valence-electron chi connectivity index (χ3n) is 3.67. The van der Waals surface area contributed by atoms with E-state index < -0.39 is 0 Å². The molecule has 1 aliphatic carbocycles. The minimum Gasteiger partial charge on any atom is -0.407 e. The molecule has 0 saturated heterocycles. The summed E-state index contributed by atoms with van der Waals surface area (Å²) in [6.07, 6.45) is 8.20. The van der Waals surface area contributed by atoms with Gasteiger partial charge in [-0.1, -0.05) is 44.6 Å². The molecule has 5 nitrogen and oxygen atoms in total. The van der Waals surface area contributed by atoms with Gasteiger partial charge in [0, 0.05) is 12.6 Å². The van der Waals surface area contributed by atoms with E-state index in [4.69, 9.17) is 4.42 Å². The second kappa shape index (κ2) is 7.48. The second-order valence-electron chi connectivity index (χ2n) is 5.76. The number of aromatic nitrogens is 2. The Balaban J connectivity index is 1.60. The van der Waals surface area contributed by atoms with Crippen LogP contribution < -0.4 is 10.6 Å². The number of rotatable bonds is 8. The molecule has 1 aromatic heterocycles. The fraction of sp³-hybridized carbons (Fsp3) is 0.857. The number of hydrogen-bond acceptors (Lipinski definition) is 5. The van der Waals surface area contributed by atoms with E-state index in [1.54, 1.807) is 0 Å². The van der Waals surface area contributed by atoms with Crippen LogP contribution in [0.15, 0.2) is 4.42 Å². The van der Waals surface area contributed by atoms with E-state index in [1.807, 2.05) is 0 Å². The lowest BCUT2D eigenvalue weighted by atomic mass is 10.0. The maximum atomic E-state index is 5.51. The molecule has 1 saturated carbocycles. The van der Waals surface area contributed by atoms with Crippen molar-refractivity contribution in [2.24, 2.45) is 5.92 Å². The van der Waals surface area contributed by atoms with Crippen LogP contribution in [0.2, 0.25) is 0 Å². The van der Waals surface area contributed by atoms with E-state index in [2.05, 4.69) is 34.7 Å².